The lowest BCUT2D eigenvalue weighted by atomic mass is 10.1. The van der Waals surface area contributed by atoms with Crippen LogP contribution in [0.1, 0.15) is 20.3 Å². The van der Waals surface area contributed by atoms with Crippen LogP contribution in [-0.2, 0) is 9.47 Å². The van der Waals surface area contributed by atoms with Gasteiger partial charge in [-0.05, 0) is 31.9 Å². The van der Waals surface area contributed by atoms with Gasteiger partial charge in [-0.1, -0.05) is 6.08 Å². The van der Waals surface area contributed by atoms with Gasteiger partial charge in [0, 0.05) is 0 Å². The summed E-state index contributed by atoms with van der Waals surface area (Å²) in [6, 6.07) is 0. The molecule has 0 unspecified atom stereocenters. The second-order valence-electron chi connectivity index (χ2n) is 3.74. The summed E-state index contributed by atoms with van der Waals surface area (Å²) in [6.45, 7) is 3.75. The zero-order valence-corrected chi connectivity index (χ0v) is 9.71. The Morgan fingerprint density at radius 3 is 2.57 bits per heavy atom. The molecule has 0 spiro atoms. The summed E-state index contributed by atoms with van der Waals surface area (Å²) in [4.78, 5) is 0. The van der Waals surface area contributed by atoms with Crippen LogP contribution in [-0.4, -0.2) is 36.0 Å². The molecular weight excluding hydrogens is 200 g/mol. The summed E-state index contributed by atoms with van der Waals surface area (Å²) in [6.07, 6.45) is 4.61. The maximum Gasteiger partial charge on any atom is 0.163 e. The molecule has 1 N–H and O–H groups in total. The van der Waals surface area contributed by atoms with Gasteiger partial charge in [-0.3, -0.25) is 0 Å². The SMILES string of the molecule is CS/C=C/C[C@@H]1OC(C)(C)O[C@@H]1CO. The fourth-order valence-corrected chi connectivity index (χ4v) is 1.85. The quantitative estimate of drug-likeness (QED) is 0.780. The molecule has 3 nitrogen and oxygen atoms in total. The van der Waals surface area contributed by atoms with Crippen LogP contribution in [0.3, 0.4) is 0 Å². The molecule has 1 aliphatic heterocycles. The van der Waals surface area contributed by atoms with Crippen molar-refractivity contribution in [1.29, 1.82) is 0 Å². The minimum atomic E-state index is -0.564. The maximum absolute atomic E-state index is 9.09. The Hall–Kier alpha value is -0.0300. The normalized spacial score (nSPS) is 31.4. The zero-order valence-electron chi connectivity index (χ0n) is 8.90. The predicted octanol–water partition coefficient (Wildman–Crippen LogP) is 1.77. The Balaban J connectivity index is 2.47. The first-order valence-corrected chi connectivity index (χ1v) is 6.02. The number of hydrogen-bond acceptors (Lipinski definition) is 4. The van der Waals surface area contributed by atoms with Crippen LogP contribution in [0.2, 0.25) is 0 Å². The molecule has 14 heavy (non-hydrogen) atoms. The van der Waals surface area contributed by atoms with Crippen molar-refractivity contribution in [2.75, 3.05) is 12.9 Å². The Morgan fingerprint density at radius 1 is 1.36 bits per heavy atom. The van der Waals surface area contributed by atoms with Crippen molar-refractivity contribution in [3.05, 3.63) is 11.5 Å². The molecule has 0 aromatic heterocycles. The van der Waals surface area contributed by atoms with Crippen LogP contribution in [0, 0.1) is 0 Å². The fraction of sp³-hybridized carbons (Fsp3) is 0.800. The highest BCUT2D eigenvalue weighted by Gasteiger charge is 2.39. The topological polar surface area (TPSA) is 38.7 Å². The minimum absolute atomic E-state index is 0.0151. The molecule has 0 saturated carbocycles. The average molecular weight is 218 g/mol. The van der Waals surface area contributed by atoms with Crippen molar-refractivity contribution >= 4 is 11.8 Å². The minimum Gasteiger partial charge on any atom is -0.394 e. The van der Waals surface area contributed by atoms with Gasteiger partial charge >= 0.3 is 0 Å². The number of aliphatic hydroxyl groups is 1. The first-order valence-electron chi connectivity index (χ1n) is 4.73. The highest BCUT2D eigenvalue weighted by atomic mass is 32.2. The molecule has 0 aromatic carbocycles. The lowest BCUT2D eigenvalue weighted by molar-refractivity contribution is -0.148. The van der Waals surface area contributed by atoms with Crippen LogP contribution < -0.4 is 0 Å². The Bertz CT molecular complexity index is 204. The van der Waals surface area contributed by atoms with Gasteiger partial charge in [-0.15, -0.1) is 11.8 Å². The fourth-order valence-electron chi connectivity index (χ4n) is 1.55. The van der Waals surface area contributed by atoms with Crippen LogP contribution in [0.4, 0.5) is 0 Å². The summed E-state index contributed by atoms with van der Waals surface area (Å²) in [5.74, 6) is -0.564. The lowest BCUT2D eigenvalue weighted by Gasteiger charge is -2.16. The number of ether oxygens (including phenoxy) is 2. The monoisotopic (exact) mass is 218 g/mol. The van der Waals surface area contributed by atoms with Gasteiger partial charge in [0.2, 0.25) is 0 Å². The van der Waals surface area contributed by atoms with Crippen LogP contribution in [0.5, 0.6) is 0 Å². The maximum atomic E-state index is 9.09. The zero-order chi connectivity index (χ0) is 10.6. The molecule has 1 aliphatic rings. The molecule has 82 valence electrons. The van der Waals surface area contributed by atoms with Gasteiger partial charge in [-0.25, -0.2) is 0 Å². The van der Waals surface area contributed by atoms with Gasteiger partial charge in [0.1, 0.15) is 6.10 Å². The van der Waals surface area contributed by atoms with Crippen molar-refractivity contribution in [2.45, 2.75) is 38.3 Å². The largest absolute Gasteiger partial charge is 0.394 e. The highest BCUT2D eigenvalue weighted by molar-refractivity contribution is 8.01. The number of rotatable bonds is 4. The van der Waals surface area contributed by atoms with Crippen molar-refractivity contribution in [3.63, 3.8) is 0 Å². The van der Waals surface area contributed by atoms with Crippen LogP contribution in [0.15, 0.2) is 11.5 Å². The molecular formula is C10H18O3S. The summed E-state index contributed by atoms with van der Waals surface area (Å²) in [5.41, 5.74) is 0. The van der Waals surface area contributed by atoms with Crippen LogP contribution in [0.25, 0.3) is 0 Å². The van der Waals surface area contributed by atoms with Crippen LogP contribution >= 0.6 is 11.8 Å². The Morgan fingerprint density at radius 2 is 2.00 bits per heavy atom. The van der Waals surface area contributed by atoms with E-state index >= 15 is 0 Å². The average Bonchev–Trinajstić information content (AvgIpc) is 2.41. The highest BCUT2D eigenvalue weighted by Crippen LogP contribution is 2.29. The Labute approximate surface area is 89.5 Å². The van der Waals surface area contributed by atoms with Gasteiger partial charge in [-0.2, -0.15) is 0 Å². The molecule has 0 aromatic rings. The standard InChI is InChI=1S/C10H18O3S/c1-10(2)12-8(5-4-6-14-3)9(7-11)13-10/h4,6,8-9,11H,5,7H2,1-3H3/b6-4+/t8-,9+/m0/s1. The molecule has 4 heteroatoms. The van der Waals surface area contributed by atoms with Crippen molar-refractivity contribution in [1.82, 2.24) is 0 Å². The first-order chi connectivity index (χ1) is 6.59. The van der Waals surface area contributed by atoms with E-state index in [9.17, 15) is 0 Å². The lowest BCUT2D eigenvalue weighted by Crippen LogP contribution is -2.25. The number of aliphatic hydroxyl groups excluding tert-OH is 1. The van der Waals surface area contributed by atoms with Crippen molar-refractivity contribution in [2.24, 2.45) is 0 Å². The summed E-state index contributed by atoms with van der Waals surface area (Å²) in [7, 11) is 0. The predicted molar refractivity (Wildman–Crippen MR) is 58.2 cm³/mol. The third-order valence-corrected chi connectivity index (χ3v) is 2.53. The molecule has 1 saturated heterocycles. The van der Waals surface area contributed by atoms with Gasteiger partial charge in [0.25, 0.3) is 0 Å². The van der Waals surface area contributed by atoms with Gasteiger partial charge in [0.15, 0.2) is 5.79 Å². The molecule has 0 bridgehead atoms. The van der Waals surface area contributed by atoms with Gasteiger partial charge in [0.05, 0.1) is 12.7 Å². The molecule has 1 heterocycles. The third kappa shape index (κ3) is 3.28. The second-order valence-corrected chi connectivity index (χ2v) is 4.48. The van der Waals surface area contributed by atoms with E-state index in [0.29, 0.717) is 0 Å². The molecule has 0 radical (unpaired) electrons. The molecule has 0 amide bonds. The molecule has 1 rings (SSSR count). The summed E-state index contributed by atoms with van der Waals surface area (Å²) in [5, 5.41) is 11.1. The van der Waals surface area contributed by atoms with Crippen molar-refractivity contribution in [3.8, 4) is 0 Å². The summed E-state index contributed by atoms with van der Waals surface area (Å²) >= 11 is 1.65. The summed E-state index contributed by atoms with van der Waals surface area (Å²) < 4.78 is 11.2. The van der Waals surface area contributed by atoms with E-state index in [0.717, 1.165) is 6.42 Å². The number of hydrogen-bond donors (Lipinski definition) is 1. The van der Waals surface area contributed by atoms with E-state index in [4.69, 9.17) is 14.6 Å². The number of thioether (sulfide) groups is 1. The molecule has 0 aliphatic carbocycles. The second kappa shape index (κ2) is 5.16. The van der Waals surface area contributed by atoms with E-state index in [1.807, 2.05) is 31.6 Å². The first kappa shape index (κ1) is 12.0. The van der Waals surface area contributed by atoms with Gasteiger partial charge < -0.3 is 14.6 Å². The van der Waals surface area contributed by atoms with E-state index < -0.39 is 5.79 Å². The smallest absolute Gasteiger partial charge is 0.163 e. The van der Waals surface area contributed by atoms with E-state index in [2.05, 4.69) is 0 Å². The molecule has 2 atom stereocenters. The van der Waals surface area contributed by atoms with Crippen molar-refractivity contribution < 1.29 is 14.6 Å². The van der Waals surface area contributed by atoms with E-state index in [1.165, 1.54) is 0 Å². The molecule has 1 fully saturated rings. The Kier molecular flexibility index (Phi) is 4.44. The third-order valence-electron chi connectivity index (χ3n) is 2.07. The van der Waals surface area contributed by atoms with E-state index in [-0.39, 0.29) is 18.8 Å². The van der Waals surface area contributed by atoms with E-state index in [1.54, 1.807) is 11.8 Å².